The Bertz CT molecular complexity index is 1540. The highest BCUT2D eigenvalue weighted by Crippen LogP contribution is 2.36. The Hall–Kier alpha value is -3.72. The van der Waals surface area contributed by atoms with E-state index in [9.17, 15) is 4.79 Å². The number of carbonyl (C=O) groups is 1. The van der Waals surface area contributed by atoms with Crippen molar-refractivity contribution in [3.63, 3.8) is 0 Å². The first-order valence-electron chi connectivity index (χ1n) is 14.7. The van der Waals surface area contributed by atoms with Crippen LogP contribution in [0, 0.1) is 13.8 Å². The molecule has 4 heterocycles. The molecule has 1 atom stereocenters. The van der Waals surface area contributed by atoms with Crippen LogP contribution in [0.4, 0.5) is 4.79 Å². The third kappa shape index (κ3) is 6.00. The van der Waals surface area contributed by atoms with Crippen molar-refractivity contribution < 1.29 is 14.3 Å². The van der Waals surface area contributed by atoms with E-state index in [1.807, 2.05) is 44.8 Å². The smallest absolute Gasteiger partial charge is 0.410 e. The fraction of sp³-hybridized carbons (Fsp3) is 0.500. The molecule has 41 heavy (non-hydrogen) atoms. The Morgan fingerprint density at radius 2 is 2.00 bits per heavy atom. The summed E-state index contributed by atoms with van der Waals surface area (Å²) in [4.78, 5) is 27.4. The molecular weight excluding hydrogens is 516 g/mol. The Morgan fingerprint density at radius 1 is 1.20 bits per heavy atom. The van der Waals surface area contributed by atoms with Crippen molar-refractivity contribution in [2.75, 3.05) is 13.2 Å². The van der Waals surface area contributed by atoms with E-state index in [1.54, 1.807) is 4.90 Å². The summed E-state index contributed by atoms with van der Waals surface area (Å²) in [5.41, 5.74) is 7.51. The molecule has 1 unspecified atom stereocenters. The van der Waals surface area contributed by atoms with Crippen molar-refractivity contribution in [1.29, 1.82) is 0 Å². The summed E-state index contributed by atoms with van der Waals surface area (Å²) in [7, 11) is 0. The number of aromatic nitrogens is 5. The molecule has 1 saturated heterocycles. The van der Waals surface area contributed by atoms with E-state index in [0.717, 1.165) is 88.4 Å². The third-order valence-corrected chi connectivity index (χ3v) is 7.70. The van der Waals surface area contributed by atoms with Gasteiger partial charge in [0.1, 0.15) is 11.3 Å². The first kappa shape index (κ1) is 28.8. The van der Waals surface area contributed by atoms with E-state index in [-0.39, 0.29) is 12.3 Å². The minimum atomic E-state index is -0.551. The standard InChI is InChI=1S/C32H42N6O3/c1-8-26-21(4)34-30(35-26)29-24-16-22(13-14-27(24)38(36-29)28-12-10-11-15-40-28)25-18-33-17-23(20(25)3)19-37(9-2)31(39)41-32(5,6)7/h13-14,16-18,28H,8-12,15,19H2,1-7H3,(H,34,35). The molecule has 1 aliphatic rings. The summed E-state index contributed by atoms with van der Waals surface area (Å²) < 4.78 is 13.8. The Morgan fingerprint density at radius 3 is 2.66 bits per heavy atom. The quantitative estimate of drug-likeness (QED) is 0.259. The summed E-state index contributed by atoms with van der Waals surface area (Å²) in [6.07, 6.45) is 7.31. The molecule has 1 N–H and O–H groups in total. The number of nitrogens with one attached hydrogen (secondary N) is 1. The maximum Gasteiger partial charge on any atom is 0.410 e. The van der Waals surface area contributed by atoms with Gasteiger partial charge in [0.15, 0.2) is 12.1 Å². The number of hydrogen-bond donors (Lipinski definition) is 1. The van der Waals surface area contributed by atoms with Crippen molar-refractivity contribution in [2.24, 2.45) is 0 Å². The highest BCUT2D eigenvalue weighted by molar-refractivity contribution is 5.95. The largest absolute Gasteiger partial charge is 0.444 e. The molecule has 1 amide bonds. The maximum absolute atomic E-state index is 12.8. The van der Waals surface area contributed by atoms with Crippen LogP contribution in [0.2, 0.25) is 0 Å². The van der Waals surface area contributed by atoms with Gasteiger partial charge >= 0.3 is 6.09 Å². The number of hydrogen-bond acceptors (Lipinski definition) is 6. The van der Waals surface area contributed by atoms with Crippen molar-refractivity contribution in [2.45, 2.75) is 92.5 Å². The van der Waals surface area contributed by atoms with Crippen LogP contribution < -0.4 is 0 Å². The van der Waals surface area contributed by atoms with E-state index >= 15 is 0 Å². The van der Waals surface area contributed by atoms with Gasteiger partial charge in [-0.1, -0.05) is 13.0 Å². The average Bonchev–Trinajstić information content (AvgIpc) is 3.51. The lowest BCUT2D eigenvalue weighted by Crippen LogP contribution is -2.36. The Kier molecular flexibility index (Phi) is 8.18. The van der Waals surface area contributed by atoms with Gasteiger partial charge in [-0.25, -0.2) is 14.5 Å². The molecule has 0 aliphatic carbocycles. The fourth-order valence-electron chi connectivity index (χ4n) is 5.43. The molecule has 0 radical (unpaired) electrons. The normalized spacial score (nSPS) is 15.8. The van der Waals surface area contributed by atoms with Crippen molar-refractivity contribution in [1.82, 2.24) is 29.6 Å². The number of benzene rings is 1. The second kappa shape index (κ2) is 11.6. The molecule has 0 saturated carbocycles. The van der Waals surface area contributed by atoms with Gasteiger partial charge in [-0.3, -0.25) is 4.98 Å². The van der Waals surface area contributed by atoms with Crippen molar-refractivity contribution in [3.05, 3.63) is 53.1 Å². The zero-order valence-electron chi connectivity index (χ0n) is 25.4. The number of imidazole rings is 1. The number of H-pyrrole nitrogens is 1. The summed E-state index contributed by atoms with van der Waals surface area (Å²) in [6, 6.07) is 6.43. The Balaban J connectivity index is 1.56. The lowest BCUT2D eigenvalue weighted by Gasteiger charge is -2.27. The molecule has 4 aromatic rings. The monoisotopic (exact) mass is 558 g/mol. The molecule has 5 rings (SSSR count). The predicted octanol–water partition coefficient (Wildman–Crippen LogP) is 7.12. The van der Waals surface area contributed by atoms with Gasteiger partial charge in [-0.05, 0) is 96.0 Å². The van der Waals surface area contributed by atoms with E-state index in [4.69, 9.17) is 19.6 Å². The van der Waals surface area contributed by atoms with Crippen LogP contribution in [0.1, 0.15) is 82.6 Å². The summed E-state index contributed by atoms with van der Waals surface area (Å²) in [5, 5.41) is 6.09. The van der Waals surface area contributed by atoms with E-state index in [0.29, 0.717) is 13.1 Å². The van der Waals surface area contributed by atoms with Gasteiger partial charge in [-0.2, -0.15) is 5.10 Å². The molecule has 218 valence electrons. The van der Waals surface area contributed by atoms with Gasteiger partial charge in [0.2, 0.25) is 0 Å². The van der Waals surface area contributed by atoms with Crippen molar-refractivity contribution in [3.8, 4) is 22.6 Å². The zero-order chi connectivity index (χ0) is 29.3. The molecule has 9 heteroatoms. The molecule has 1 aromatic carbocycles. The lowest BCUT2D eigenvalue weighted by molar-refractivity contribution is -0.0365. The second-order valence-electron chi connectivity index (χ2n) is 11.8. The number of amides is 1. The predicted molar refractivity (Wildman–Crippen MR) is 161 cm³/mol. The van der Waals surface area contributed by atoms with Crippen LogP contribution in [0.5, 0.6) is 0 Å². The molecule has 0 spiro atoms. The topological polar surface area (TPSA) is 98.2 Å². The second-order valence-corrected chi connectivity index (χ2v) is 11.8. The van der Waals surface area contributed by atoms with Crippen LogP contribution in [-0.4, -0.2) is 54.5 Å². The van der Waals surface area contributed by atoms with Gasteiger partial charge < -0.3 is 19.4 Å². The summed E-state index contributed by atoms with van der Waals surface area (Å²) >= 11 is 0. The first-order chi connectivity index (χ1) is 19.6. The van der Waals surface area contributed by atoms with Gasteiger partial charge in [0, 0.05) is 42.2 Å². The third-order valence-electron chi connectivity index (χ3n) is 7.70. The van der Waals surface area contributed by atoms with Gasteiger partial charge in [0.25, 0.3) is 0 Å². The molecule has 1 fully saturated rings. The average molecular weight is 559 g/mol. The number of nitrogens with zero attached hydrogens (tertiary/aromatic N) is 5. The SMILES string of the molecule is CCc1nc(-c2nn(C3CCCCO3)c3ccc(-c4cncc(CN(CC)C(=O)OC(C)(C)C)c4C)cc23)[nH]c1C. The Labute approximate surface area is 242 Å². The van der Waals surface area contributed by atoms with Crippen LogP contribution in [0.25, 0.3) is 33.5 Å². The number of pyridine rings is 1. The van der Waals surface area contributed by atoms with E-state index in [1.165, 1.54) is 0 Å². The zero-order valence-corrected chi connectivity index (χ0v) is 25.4. The minimum Gasteiger partial charge on any atom is -0.444 e. The highest BCUT2D eigenvalue weighted by Gasteiger charge is 2.25. The first-order valence-corrected chi connectivity index (χ1v) is 14.7. The molecule has 1 aliphatic heterocycles. The maximum atomic E-state index is 12.8. The minimum absolute atomic E-state index is 0.0906. The van der Waals surface area contributed by atoms with E-state index < -0.39 is 5.60 Å². The van der Waals surface area contributed by atoms with Crippen LogP contribution in [0.15, 0.2) is 30.6 Å². The van der Waals surface area contributed by atoms with Crippen LogP contribution in [-0.2, 0) is 22.4 Å². The molecular formula is C32H42N6O3. The molecule has 0 bridgehead atoms. The number of aromatic amines is 1. The molecule has 3 aromatic heterocycles. The van der Waals surface area contributed by atoms with Crippen LogP contribution in [0.3, 0.4) is 0 Å². The van der Waals surface area contributed by atoms with Gasteiger partial charge in [-0.15, -0.1) is 0 Å². The van der Waals surface area contributed by atoms with E-state index in [2.05, 4.69) is 48.9 Å². The summed E-state index contributed by atoms with van der Waals surface area (Å²) in [6.45, 7) is 15.6. The fourth-order valence-corrected chi connectivity index (χ4v) is 5.43. The number of aryl methyl sites for hydroxylation is 2. The van der Waals surface area contributed by atoms with Crippen molar-refractivity contribution >= 4 is 17.0 Å². The van der Waals surface area contributed by atoms with Crippen LogP contribution >= 0.6 is 0 Å². The number of fused-ring (bicyclic) bond motifs is 1. The highest BCUT2D eigenvalue weighted by atomic mass is 16.6. The number of ether oxygens (including phenoxy) is 2. The molecule has 9 nitrogen and oxygen atoms in total. The van der Waals surface area contributed by atoms with Gasteiger partial charge in [0.05, 0.1) is 17.8 Å². The number of rotatable bonds is 7. The lowest BCUT2D eigenvalue weighted by atomic mass is 9.97. The summed E-state index contributed by atoms with van der Waals surface area (Å²) in [5.74, 6) is 0.774. The number of carbonyl (C=O) groups excluding carboxylic acids is 1.